The van der Waals surface area contributed by atoms with Gasteiger partial charge in [0.25, 0.3) is 5.91 Å². The lowest BCUT2D eigenvalue weighted by Crippen LogP contribution is -2.40. The zero-order valence-electron chi connectivity index (χ0n) is 9.82. The van der Waals surface area contributed by atoms with Crippen LogP contribution in [0.4, 0.5) is 0 Å². The molecule has 0 spiro atoms. The first-order chi connectivity index (χ1) is 7.63. The number of hydrogen-bond donors (Lipinski definition) is 1. The highest BCUT2D eigenvalue weighted by molar-refractivity contribution is 5.95. The highest BCUT2D eigenvalue weighted by atomic mass is 16.3. The van der Waals surface area contributed by atoms with Crippen molar-refractivity contribution in [3.8, 4) is 0 Å². The summed E-state index contributed by atoms with van der Waals surface area (Å²) in [5, 5.41) is 0. The van der Waals surface area contributed by atoms with E-state index in [1.165, 1.54) is 0 Å². The molecule has 1 aromatic heterocycles. The number of hydrogen-bond acceptors (Lipinski definition) is 3. The van der Waals surface area contributed by atoms with Crippen molar-refractivity contribution >= 4 is 5.91 Å². The van der Waals surface area contributed by atoms with Crippen molar-refractivity contribution in [3.05, 3.63) is 23.2 Å². The number of aryl methyl sites for hydroxylation is 2. The fraction of sp³-hybridized carbons (Fsp3) is 0.583. The van der Waals surface area contributed by atoms with Gasteiger partial charge in [-0.1, -0.05) is 0 Å². The number of furan rings is 1. The SMILES string of the molecule is Cc1cc(C(=O)N2CCCC2CN)c(C)o1. The smallest absolute Gasteiger partial charge is 0.257 e. The Balaban J connectivity index is 2.21. The first kappa shape index (κ1) is 11.2. The molecule has 1 saturated heterocycles. The average molecular weight is 222 g/mol. The summed E-state index contributed by atoms with van der Waals surface area (Å²) in [6, 6.07) is 2.01. The maximum absolute atomic E-state index is 12.3. The predicted molar refractivity (Wildman–Crippen MR) is 61.3 cm³/mol. The fourth-order valence-electron chi connectivity index (χ4n) is 2.35. The highest BCUT2D eigenvalue weighted by Crippen LogP contribution is 2.22. The second kappa shape index (κ2) is 4.29. The summed E-state index contributed by atoms with van der Waals surface area (Å²) in [6.07, 6.45) is 2.06. The van der Waals surface area contributed by atoms with Crippen LogP contribution in [0.15, 0.2) is 10.5 Å². The molecule has 16 heavy (non-hydrogen) atoms. The van der Waals surface area contributed by atoms with E-state index in [0.717, 1.165) is 25.1 Å². The number of carbonyl (C=O) groups excluding carboxylic acids is 1. The zero-order valence-corrected chi connectivity index (χ0v) is 9.82. The molecule has 0 bridgehead atoms. The van der Waals surface area contributed by atoms with Crippen molar-refractivity contribution in [2.75, 3.05) is 13.1 Å². The van der Waals surface area contributed by atoms with Gasteiger partial charge >= 0.3 is 0 Å². The van der Waals surface area contributed by atoms with Crippen LogP contribution in [-0.2, 0) is 0 Å². The van der Waals surface area contributed by atoms with Crippen LogP contribution in [0.5, 0.6) is 0 Å². The molecule has 4 nitrogen and oxygen atoms in total. The van der Waals surface area contributed by atoms with Crippen LogP contribution in [-0.4, -0.2) is 29.9 Å². The molecule has 0 aliphatic carbocycles. The third-order valence-corrected chi connectivity index (χ3v) is 3.18. The second-order valence-electron chi connectivity index (χ2n) is 4.36. The standard InChI is InChI=1S/C12H18N2O2/c1-8-6-11(9(2)16-8)12(15)14-5-3-4-10(14)7-13/h6,10H,3-5,7,13H2,1-2H3. The molecule has 1 unspecified atom stereocenters. The number of rotatable bonds is 2. The molecule has 0 saturated carbocycles. The Bertz CT molecular complexity index is 398. The molecule has 2 N–H and O–H groups in total. The Hall–Kier alpha value is -1.29. The molecule has 1 aromatic rings. The molecule has 1 aliphatic rings. The Morgan fingerprint density at radius 2 is 2.38 bits per heavy atom. The van der Waals surface area contributed by atoms with Crippen LogP contribution in [0.1, 0.15) is 34.7 Å². The number of amides is 1. The normalized spacial score (nSPS) is 20.4. The molecular weight excluding hydrogens is 204 g/mol. The average Bonchev–Trinajstić information content (AvgIpc) is 2.83. The van der Waals surface area contributed by atoms with Crippen LogP contribution in [0, 0.1) is 13.8 Å². The Morgan fingerprint density at radius 3 is 2.94 bits per heavy atom. The van der Waals surface area contributed by atoms with E-state index in [-0.39, 0.29) is 11.9 Å². The summed E-state index contributed by atoms with van der Waals surface area (Å²) in [5.41, 5.74) is 6.34. The second-order valence-corrected chi connectivity index (χ2v) is 4.36. The summed E-state index contributed by atoms with van der Waals surface area (Å²) in [6.45, 7) is 5.04. The van der Waals surface area contributed by atoms with Crippen molar-refractivity contribution in [3.63, 3.8) is 0 Å². The quantitative estimate of drug-likeness (QED) is 0.824. The monoisotopic (exact) mass is 222 g/mol. The summed E-state index contributed by atoms with van der Waals surface area (Å²) >= 11 is 0. The first-order valence-corrected chi connectivity index (χ1v) is 5.71. The van der Waals surface area contributed by atoms with Crippen molar-refractivity contribution in [1.29, 1.82) is 0 Å². The van der Waals surface area contributed by atoms with Gasteiger partial charge in [0, 0.05) is 19.1 Å². The van der Waals surface area contributed by atoms with Crippen molar-refractivity contribution < 1.29 is 9.21 Å². The van der Waals surface area contributed by atoms with E-state index in [2.05, 4.69) is 0 Å². The molecule has 0 aromatic carbocycles. The number of nitrogens with two attached hydrogens (primary N) is 1. The molecule has 1 aliphatic heterocycles. The summed E-state index contributed by atoms with van der Waals surface area (Å²) in [7, 11) is 0. The van der Waals surface area contributed by atoms with Crippen LogP contribution < -0.4 is 5.73 Å². The predicted octanol–water partition coefficient (Wildman–Crippen LogP) is 1.46. The molecule has 2 rings (SSSR count). The third kappa shape index (κ3) is 1.85. The van der Waals surface area contributed by atoms with Crippen LogP contribution >= 0.6 is 0 Å². The Kier molecular flexibility index (Phi) is 3.01. The minimum absolute atomic E-state index is 0.0577. The van der Waals surface area contributed by atoms with Crippen molar-refractivity contribution in [2.24, 2.45) is 5.73 Å². The largest absolute Gasteiger partial charge is 0.466 e. The third-order valence-electron chi connectivity index (χ3n) is 3.18. The lowest BCUT2D eigenvalue weighted by Gasteiger charge is -2.23. The highest BCUT2D eigenvalue weighted by Gasteiger charge is 2.29. The fourth-order valence-corrected chi connectivity index (χ4v) is 2.35. The summed E-state index contributed by atoms with van der Waals surface area (Å²) in [4.78, 5) is 14.1. The van der Waals surface area contributed by atoms with Gasteiger partial charge < -0.3 is 15.1 Å². The molecule has 2 heterocycles. The van der Waals surface area contributed by atoms with Gasteiger partial charge in [0.1, 0.15) is 11.5 Å². The lowest BCUT2D eigenvalue weighted by molar-refractivity contribution is 0.0739. The molecule has 1 amide bonds. The first-order valence-electron chi connectivity index (χ1n) is 5.71. The summed E-state index contributed by atoms with van der Waals surface area (Å²) in [5.74, 6) is 1.54. The maximum atomic E-state index is 12.3. The molecule has 4 heteroatoms. The van der Waals surface area contributed by atoms with Crippen molar-refractivity contribution in [1.82, 2.24) is 4.90 Å². The van der Waals surface area contributed by atoms with E-state index < -0.39 is 0 Å². The van der Waals surface area contributed by atoms with Crippen molar-refractivity contribution in [2.45, 2.75) is 32.7 Å². The van der Waals surface area contributed by atoms with E-state index in [4.69, 9.17) is 10.2 Å². The van der Waals surface area contributed by atoms with E-state index in [1.807, 2.05) is 24.8 Å². The van der Waals surface area contributed by atoms with Gasteiger partial charge in [-0.15, -0.1) is 0 Å². The topological polar surface area (TPSA) is 59.5 Å². The van der Waals surface area contributed by atoms with Gasteiger partial charge in [0.2, 0.25) is 0 Å². The van der Waals surface area contributed by atoms with Crippen LogP contribution in [0.3, 0.4) is 0 Å². The molecule has 1 atom stereocenters. The van der Waals surface area contributed by atoms with E-state index >= 15 is 0 Å². The van der Waals surface area contributed by atoms with E-state index in [1.54, 1.807) is 0 Å². The van der Waals surface area contributed by atoms with Gasteiger partial charge in [-0.2, -0.15) is 0 Å². The molecular formula is C12H18N2O2. The Labute approximate surface area is 95.4 Å². The minimum Gasteiger partial charge on any atom is -0.466 e. The van der Waals surface area contributed by atoms with Gasteiger partial charge in [-0.25, -0.2) is 0 Å². The number of likely N-dealkylation sites (tertiary alicyclic amines) is 1. The summed E-state index contributed by atoms with van der Waals surface area (Å²) < 4.78 is 5.39. The maximum Gasteiger partial charge on any atom is 0.257 e. The molecule has 0 radical (unpaired) electrons. The zero-order chi connectivity index (χ0) is 11.7. The lowest BCUT2D eigenvalue weighted by atomic mass is 10.2. The van der Waals surface area contributed by atoms with Gasteiger partial charge in [0.15, 0.2) is 0 Å². The molecule has 88 valence electrons. The number of carbonyl (C=O) groups is 1. The van der Waals surface area contributed by atoms with E-state index in [9.17, 15) is 4.79 Å². The van der Waals surface area contributed by atoms with Gasteiger partial charge in [-0.05, 0) is 32.8 Å². The van der Waals surface area contributed by atoms with Gasteiger partial charge in [0.05, 0.1) is 5.56 Å². The Morgan fingerprint density at radius 1 is 1.62 bits per heavy atom. The van der Waals surface area contributed by atoms with Gasteiger partial charge in [-0.3, -0.25) is 4.79 Å². The number of nitrogens with zero attached hydrogens (tertiary/aromatic N) is 1. The van der Waals surface area contributed by atoms with Crippen LogP contribution in [0.2, 0.25) is 0 Å². The minimum atomic E-state index is 0.0577. The molecule has 1 fully saturated rings. The van der Waals surface area contributed by atoms with E-state index in [0.29, 0.717) is 17.9 Å². The van der Waals surface area contributed by atoms with Crippen LogP contribution in [0.25, 0.3) is 0 Å².